The van der Waals surface area contributed by atoms with Gasteiger partial charge >= 0.3 is 0 Å². The highest BCUT2D eigenvalue weighted by atomic mass is 16.5. The summed E-state index contributed by atoms with van der Waals surface area (Å²) < 4.78 is 5.56. The molecule has 1 atom stereocenters. The van der Waals surface area contributed by atoms with Crippen LogP contribution < -0.4 is 15.8 Å². The molecule has 118 valence electrons. The summed E-state index contributed by atoms with van der Waals surface area (Å²) in [6, 6.07) is 8.33. The molecule has 1 unspecified atom stereocenters. The monoisotopic (exact) mass is 299 g/mol. The van der Waals surface area contributed by atoms with E-state index in [9.17, 15) is 0 Å². The number of nitrogens with one attached hydrogen (secondary N) is 1. The van der Waals surface area contributed by atoms with Gasteiger partial charge in [-0.3, -0.25) is 0 Å². The lowest BCUT2D eigenvalue weighted by Crippen LogP contribution is -2.42. The summed E-state index contributed by atoms with van der Waals surface area (Å²) in [5, 5.41) is 3.00. The minimum atomic E-state index is -0.333. The lowest BCUT2D eigenvalue weighted by Gasteiger charge is -2.39. The molecule has 1 aliphatic carbocycles. The Hall–Kier alpha value is -1.97. The Kier molecular flexibility index (Phi) is 4.36. The van der Waals surface area contributed by atoms with E-state index in [2.05, 4.69) is 23.5 Å². The molecule has 1 fully saturated rings. The molecule has 3 N–H and O–H groups in total. The molecule has 0 spiro atoms. The van der Waals surface area contributed by atoms with Crippen LogP contribution in [0.4, 0.5) is 0 Å². The van der Waals surface area contributed by atoms with Crippen molar-refractivity contribution < 1.29 is 4.74 Å². The molecule has 1 aromatic rings. The minimum absolute atomic E-state index is 0.333. The highest BCUT2D eigenvalue weighted by molar-refractivity contribution is 5.80. The third-order valence-corrected chi connectivity index (χ3v) is 4.73. The van der Waals surface area contributed by atoms with Gasteiger partial charge in [-0.25, -0.2) is 4.99 Å². The van der Waals surface area contributed by atoms with Crippen molar-refractivity contribution in [2.75, 3.05) is 6.61 Å². The summed E-state index contributed by atoms with van der Waals surface area (Å²) in [6.45, 7) is 2.68. The van der Waals surface area contributed by atoms with E-state index >= 15 is 0 Å². The molecule has 4 nitrogen and oxygen atoms in total. The fraction of sp³-hybridized carbons (Fsp3) is 0.500. The van der Waals surface area contributed by atoms with Crippen molar-refractivity contribution in [1.82, 2.24) is 5.32 Å². The average Bonchev–Trinajstić information content (AvgIpc) is 2.56. The first-order valence-corrected chi connectivity index (χ1v) is 8.27. The maximum absolute atomic E-state index is 5.99. The second-order valence-electron chi connectivity index (χ2n) is 6.09. The van der Waals surface area contributed by atoms with Crippen molar-refractivity contribution in [2.45, 2.75) is 44.6 Å². The molecule has 1 aliphatic heterocycles. The van der Waals surface area contributed by atoms with Crippen molar-refractivity contribution in [2.24, 2.45) is 16.6 Å². The summed E-state index contributed by atoms with van der Waals surface area (Å²) >= 11 is 0. The summed E-state index contributed by atoms with van der Waals surface area (Å²) in [4.78, 5) is 4.84. The standard InChI is InChI=1S/C18H25N3O/c1-2-22-16-10-8-15(9-11-16)18(12-13-20-17(19)21-18)14-6-4-3-5-7-14/h8-14H,2-7H2,1H3,(H3,19,20,21). The van der Waals surface area contributed by atoms with Crippen LogP contribution in [0.5, 0.6) is 5.75 Å². The molecule has 0 radical (unpaired) electrons. The van der Waals surface area contributed by atoms with Gasteiger partial charge in [0, 0.05) is 6.20 Å². The highest BCUT2D eigenvalue weighted by Crippen LogP contribution is 2.44. The highest BCUT2D eigenvalue weighted by Gasteiger charge is 2.40. The first kappa shape index (κ1) is 14.9. The first-order chi connectivity index (χ1) is 10.7. The fourth-order valence-electron chi connectivity index (χ4n) is 3.67. The number of aliphatic imine (C=N–C) groups is 1. The Morgan fingerprint density at radius 3 is 2.59 bits per heavy atom. The third-order valence-electron chi connectivity index (χ3n) is 4.73. The van der Waals surface area contributed by atoms with Crippen LogP contribution in [0.2, 0.25) is 0 Å². The Morgan fingerprint density at radius 2 is 1.95 bits per heavy atom. The zero-order valence-electron chi connectivity index (χ0n) is 13.2. The van der Waals surface area contributed by atoms with E-state index in [4.69, 9.17) is 15.5 Å². The van der Waals surface area contributed by atoms with Crippen LogP contribution in [0.1, 0.15) is 44.6 Å². The number of hydrogen-bond donors (Lipinski definition) is 2. The van der Waals surface area contributed by atoms with Gasteiger partial charge in [0.1, 0.15) is 11.3 Å². The van der Waals surface area contributed by atoms with E-state index in [1.807, 2.05) is 25.3 Å². The normalized spacial score (nSPS) is 25.4. The minimum Gasteiger partial charge on any atom is -0.494 e. The molecule has 0 bridgehead atoms. The topological polar surface area (TPSA) is 59.6 Å². The van der Waals surface area contributed by atoms with Crippen LogP contribution in [-0.2, 0) is 5.54 Å². The third kappa shape index (κ3) is 2.82. The maximum atomic E-state index is 5.99. The first-order valence-electron chi connectivity index (χ1n) is 8.27. The Bertz CT molecular complexity index is 558. The summed E-state index contributed by atoms with van der Waals surface area (Å²) in [6.07, 6.45) is 10.4. The largest absolute Gasteiger partial charge is 0.494 e. The summed E-state index contributed by atoms with van der Waals surface area (Å²) in [5.74, 6) is 1.91. The molecule has 4 heteroatoms. The fourth-order valence-corrected chi connectivity index (χ4v) is 3.67. The molecule has 1 aromatic carbocycles. The van der Waals surface area contributed by atoms with Crippen molar-refractivity contribution in [3.05, 3.63) is 42.1 Å². The van der Waals surface area contributed by atoms with Gasteiger partial charge in [0.05, 0.1) is 6.61 Å². The number of hydrogen-bond acceptors (Lipinski definition) is 4. The van der Waals surface area contributed by atoms with Gasteiger partial charge in [0.25, 0.3) is 0 Å². The predicted octanol–water partition coefficient (Wildman–Crippen LogP) is 3.29. The number of guanidine groups is 1. The predicted molar refractivity (Wildman–Crippen MR) is 89.8 cm³/mol. The van der Waals surface area contributed by atoms with Crippen LogP contribution >= 0.6 is 0 Å². The lowest BCUT2D eigenvalue weighted by atomic mass is 9.71. The summed E-state index contributed by atoms with van der Waals surface area (Å²) in [7, 11) is 0. The van der Waals surface area contributed by atoms with Crippen molar-refractivity contribution in [3.8, 4) is 5.75 Å². The second-order valence-corrected chi connectivity index (χ2v) is 6.09. The number of nitrogens with zero attached hydrogens (tertiary/aromatic N) is 1. The number of rotatable bonds is 4. The van der Waals surface area contributed by atoms with E-state index in [1.54, 1.807) is 0 Å². The van der Waals surface area contributed by atoms with Gasteiger partial charge in [-0.1, -0.05) is 31.4 Å². The second kappa shape index (κ2) is 6.42. The molecule has 0 aromatic heterocycles. The molecular formula is C18H25N3O. The Balaban J connectivity index is 1.97. The van der Waals surface area contributed by atoms with Crippen molar-refractivity contribution in [1.29, 1.82) is 0 Å². The number of benzene rings is 1. The van der Waals surface area contributed by atoms with Gasteiger partial charge in [-0.15, -0.1) is 0 Å². The van der Waals surface area contributed by atoms with Crippen LogP contribution in [0.25, 0.3) is 0 Å². The van der Waals surface area contributed by atoms with Gasteiger partial charge in [-0.05, 0) is 49.5 Å². The van der Waals surface area contributed by atoms with Crippen LogP contribution in [0, 0.1) is 5.92 Å². The van der Waals surface area contributed by atoms with E-state index in [0.29, 0.717) is 18.5 Å². The van der Waals surface area contributed by atoms with E-state index in [0.717, 1.165) is 5.75 Å². The molecule has 2 aliphatic rings. The zero-order chi connectivity index (χ0) is 15.4. The van der Waals surface area contributed by atoms with E-state index < -0.39 is 0 Å². The van der Waals surface area contributed by atoms with Gasteiger partial charge in [0.15, 0.2) is 5.96 Å². The summed E-state index contributed by atoms with van der Waals surface area (Å²) in [5.41, 5.74) is 6.86. The lowest BCUT2D eigenvalue weighted by molar-refractivity contribution is 0.249. The van der Waals surface area contributed by atoms with Crippen LogP contribution in [0.3, 0.4) is 0 Å². The van der Waals surface area contributed by atoms with Gasteiger partial charge in [0.2, 0.25) is 0 Å². The molecular weight excluding hydrogens is 274 g/mol. The van der Waals surface area contributed by atoms with E-state index in [-0.39, 0.29) is 5.54 Å². The average molecular weight is 299 g/mol. The SMILES string of the molecule is CCOc1ccc(C2(C3CCCCC3)C=CNC(N)=N2)cc1. The number of ether oxygens (including phenoxy) is 1. The molecule has 0 amide bonds. The zero-order valence-corrected chi connectivity index (χ0v) is 13.2. The smallest absolute Gasteiger partial charge is 0.193 e. The Labute approximate surface area is 132 Å². The maximum Gasteiger partial charge on any atom is 0.193 e. The number of nitrogens with two attached hydrogens (primary N) is 1. The molecule has 3 rings (SSSR count). The Morgan fingerprint density at radius 1 is 1.23 bits per heavy atom. The molecule has 1 saturated carbocycles. The molecule has 1 heterocycles. The quantitative estimate of drug-likeness (QED) is 0.897. The van der Waals surface area contributed by atoms with Crippen molar-refractivity contribution in [3.63, 3.8) is 0 Å². The van der Waals surface area contributed by atoms with Gasteiger partial charge < -0.3 is 15.8 Å². The van der Waals surface area contributed by atoms with Crippen molar-refractivity contribution >= 4 is 5.96 Å². The molecule has 22 heavy (non-hydrogen) atoms. The molecule has 0 saturated heterocycles. The van der Waals surface area contributed by atoms with Crippen LogP contribution in [0.15, 0.2) is 41.5 Å². The van der Waals surface area contributed by atoms with Crippen LogP contribution in [-0.4, -0.2) is 12.6 Å². The van der Waals surface area contributed by atoms with E-state index in [1.165, 1.54) is 37.7 Å². The van der Waals surface area contributed by atoms with Gasteiger partial charge in [-0.2, -0.15) is 0 Å².